The van der Waals surface area contributed by atoms with E-state index in [-0.39, 0.29) is 30.0 Å². The van der Waals surface area contributed by atoms with Crippen LogP contribution in [0.2, 0.25) is 0 Å². The molecule has 172 valence electrons. The van der Waals surface area contributed by atoms with Crippen LogP contribution < -0.4 is 4.90 Å². The SMILES string of the molecule is Cc1ccc(N(CCCCN2C(=O)c3ccccc3C2=O)C(=O)c2ccc([N+](=O)[O-])cc2)cc1. The van der Waals surface area contributed by atoms with Crippen LogP contribution in [0.1, 0.15) is 49.5 Å². The van der Waals surface area contributed by atoms with Crippen molar-refractivity contribution in [2.75, 3.05) is 18.0 Å². The van der Waals surface area contributed by atoms with Crippen molar-refractivity contribution in [1.82, 2.24) is 4.90 Å². The van der Waals surface area contributed by atoms with Gasteiger partial charge in [-0.05, 0) is 56.2 Å². The lowest BCUT2D eigenvalue weighted by molar-refractivity contribution is -0.384. The Morgan fingerprint density at radius 3 is 2.03 bits per heavy atom. The number of amides is 3. The van der Waals surface area contributed by atoms with E-state index >= 15 is 0 Å². The predicted molar refractivity (Wildman–Crippen MR) is 127 cm³/mol. The Morgan fingerprint density at radius 2 is 1.47 bits per heavy atom. The van der Waals surface area contributed by atoms with E-state index in [0.29, 0.717) is 41.8 Å². The van der Waals surface area contributed by atoms with Gasteiger partial charge in [-0.3, -0.25) is 29.4 Å². The summed E-state index contributed by atoms with van der Waals surface area (Å²) < 4.78 is 0. The maximum Gasteiger partial charge on any atom is 0.269 e. The summed E-state index contributed by atoms with van der Waals surface area (Å²) in [5.74, 6) is -0.865. The molecule has 3 amide bonds. The number of benzene rings is 3. The lowest BCUT2D eigenvalue weighted by atomic mass is 10.1. The number of carbonyl (C=O) groups is 3. The summed E-state index contributed by atoms with van der Waals surface area (Å²) in [6, 6.07) is 19.8. The van der Waals surface area contributed by atoms with Crippen LogP contribution in [-0.4, -0.2) is 40.6 Å². The first kappa shape index (κ1) is 22.8. The highest BCUT2D eigenvalue weighted by Gasteiger charge is 2.34. The van der Waals surface area contributed by atoms with Gasteiger partial charge in [-0.25, -0.2) is 0 Å². The zero-order valence-corrected chi connectivity index (χ0v) is 18.6. The topological polar surface area (TPSA) is 101 Å². The summed E-state index contributed by atoms with van der Waals surface area (Å²) in [4.78, 5) is 51.6. The molecule has 0 bridgehead atoms. The molecule has 3 aromatic rings. The molecule has 34 heavy (non-hydrogen) atoms. The molecule has 0 saturated heterocycles. The smallest absolute Gasteiger partial charge is 0.269 e. The molecule has 0 radical (unpaired) electrons. The third-order valence-electron chi connectivity index (χ3n) is 5.81. The first-order chi connectivity index (χ1) is 16.4. The number of aryl methyl sites for hydroxylation is 1. The number of anilines is 1. The van der Waals surface area contributed by atoms with Crippen molar-refractivity contribution in [1.29, 1.82) is 0 Å². The fraction of sp³-hybridized carbons (Fsp3) is 0.192. The second-order valence-corrected chi connectivity index (χ2v) is 8.11. The maximum absolute atomic E-state index is 13.3. The van der Waals surface area contributed by atoms with E-state index in [4.69, 9.17) is 0 Å². The van der Waals surface area contributed by atoms with Crippen LogP contribution in [0.15, 0.2) is 72.8 Å². The summed E-state index contributed by atoms with van der Waals surface area (Å²) in [6.07, 6.45) is 1.08. The molecule has 0 unspecified atom stereocenters. The van der Waals surface area contributed by atoms with Crippen LogP contribution in [-0.2, 0) is 0 Å². The third-order valence-corrected chi connectivity index (χ3v) is 5.81. The fourth-order valence-electron chi connectivity index (χ4n) is 3.94. The van der Waals surface area contributed by atoms with Gasteiger partial charge in [0.25, 0.3) is 23.4 Å². The Kier molecular flexibility index (Phi) is 6.49. The molecule has 0 atom stereocenters. The Bertz CT molecular complexity index is 1220. The largest absolute Gasteiger partial charge is 0.308 e. The van der Waals surface area contributed by atoms with Crippen molar-refractivity contribution in [3.63, 3.8) is 0 Å². The molecular weight excluding hydrogens is 434 g/mol. The van der Waals surface area contributed by atoms with Crippen LogP contribution >= 0.6 is 0 Å². The molecule has 1 aliphatic heterocycles. The van der Waals surface area contributed by atoms with Gasteiger partial charge in [0.1, 0.15) is 0 Å². The van der Waals surface area contributed by atoms with E-state index in [1.54, 1.807) is 29.2 Å². The minimum atomic E-state index is -0.509. The number of imide groups is 1. The van der Waals surface area contributed by atoms with Crippen LogP contribution in [0.25, 0.3) is 0 Å². The number of non-ortho nitro benzene ring substituents is 1. The standard InChI is InChI=1S/C26H23N3O5/c1-18-8-12-20(13-9-18)27(24(30)19-10-14-21(15-11-19)29(33)34)16-4-5-17-28-25(31)22-6-2-3-7-23(22)26(28)32/h2-3,6-15H,4-5,16-17H2,1H3. The average Bonchev–Trinajstić information content (AvgIpc) is 3.09. The maximum atomic E-state index is 13.3. The number of unbranched alkanes of at least 4 members (excludes halogenated alkanes) is 1. The minimum absolute atomic E-state index is 0.0839. The second-order valence-electron chi connectivity index (χ2n) is 8.11. The number of fused-ring (bicyclic) bond motifs is 1. The highest BCUT2D eigenvalue weighted by molar-refractivity contribution is 6.21. The van der Waals surface area contributed by atoms with Gasteiger partial charge in [-0.1, -0.05) is 29.8 Å². The Balaban J connectivity index is 1.45. The molecule has 0 aromatic heterocycles. The van der Waals surface area contributed by atoms with Crippen molar-refractivity contribution >= 4 is 29.1 Å². The lowest BCUT2D eigenvalue weighted by Gasteiger charge is -2.24. The van der Waals surface area contributed by atoms with Gasteiger partial charge in [-0.15, -0.1) is 0 Å². The van der Waals surface area contributed by atoms with Gasteiger partial charge in [0.05, 0.1) is 16.1 Å². The number of hydrogen-bond donors (Lipinski definition) is 0. The van der Waals surface area contributed by atoms with Crippen molar-refractivity contribution < 1.29 is 19.3 Å². The zero-order chi connectivity index (χ0) is 24.2. The van der Waals surface area contributed by atoms with Gasteiger partial charge in [0.2, 0.25) is 0 Å². The average molecular weight is 457 g/mol. The monoisotopic (exact) mass is 457 g/mol. The van der Waals surface area contributed by atoms with Crippen molar-refractivity contribution in [3.05, 3.63) is 105 Å². The summed E-state index contributed by atoms with van der Waals surface area (Å²) in [5.41, 5.74) is 2.85. The van der Waals surface area contributed by atoms with E-state index in [1.807, 2.05) is 31.2 Å². The summed E-state index contributed by atoms with van der Waals surface area (Å²) in [6.45, 7) is 2.58. The molecule has 0 N–H and O–H groups in total. The van der Waals surface area contributed by atoms with Gasteiger partial charge >= 0.3 is 0 Å². The highest BCUT2D eigenvalue weighted by atomic mass is 16.6. The lowest BCUT2D eigenvalue weighted by Crippen LogP contribution is -2.34. The minimum Gasteiger partial charge on any atom is -0.308 e. The first-order valence-corrected chi connectivity index (χ1v) is 10.9. The molecular formula is C26H23N3O5. The van der Waals surface area contributed by atoms with Crippen LogP contribution in [0.4, 0.5) is 11.4 Å². The normalized spacial score (nSPS) is 12.6. The highest BCUT2D eigenvalue weighted by Crippen LogP contribution is 2.24. The number of hydrogen-bond acceptors (Lipinski definition) is 5. The van der Waals surface area contributed by atoms with E-state index < -0.39 is 4.92 Å². The Labute approximate surface area is 196 Å². The molecule has 0 aliphatic carbocycles. The molecule has 1 aliphatic rings. The molecule has 0 saturated carbocycles. The van der Waals surface area contributed by atoms with E-state index in [9.17, 15) is 24.5 Å². The van der Waals surface area contributed by atoms with E-state index in [0.717, 1.165) is 5.56 Å². The molecule has 1 heterocycles. The summed E-state index contributed by atoms with van der Waals surface area (Å²) >= 11 is 0. The van der Waals surface area contributed by atoms with Gasteiger partial charge in [0, 0.05) is 36.5 Å². The Hall–Kier alpha value is -4.33. The number of rotatable bonds is 8. The summed E-state index contributed by atoms with van der Waals surface area (Å²) in [7, 11) is 0. The molecule has 3 aromatic carbocycles. The number of nitro groups is 1. The Morgan fingerprint density at radius 1 is 0.882 bits per heavy atom. The zero-order valence-electron chi connectivity index (χ0n) is 18.6. The van der Waals surface area contributed by atoms with Crippen molar-refractivity contribution in [2.45, 2.75) is 19.8 Å². The van der Waals surface area contributed by atoms with Crippen LogP contribution in [0.5, 0.6) is 0 Å². The van der Waals surface area contributed by atoms with E-state index in [1.165, 1.54) is 29.2 Å². The van der Waals surface area contributed by atoms with Gasteiger partial charge in [-0.2, -0.15) is 0 Å². The van der Waals surface area contributed by atoms with E-state index in [2.05, 4.69) is 0 Å². The first-order valence-electron chi connectivity index (χ1n) is 10.9. The van der Waals surface area contributed by atoms with Crippen molar-refractivity contribution in [3.8, 4) is 0 Å². The molecule has 8 heteroatoms. The molecule has 0 spiro atoms. The summed E-state index contributed by atoms with van der Waals surface area (Å²) in [5, 5.41) is 10.9. The molecule has 0 fully saturated rings. The van der Waals surface area contributed by atoms with Gasteiger partial charge in [0.15, 0.2) is 0 Å². The third kappa shape index (κ3) is 4.56. The van der Waals surface area contributed by atoms with Crippen molar-refractivity contribution in [2.24, 2.45) is 0 Å². The molecule has 4 rings (SSSR count). The second kappa shape index (κ2) is 9.66. The molecule has 8 nitrogen and oxygen atoms in total. The van der Waals surface area contributed by atoms with Crippen LogP contribution in [0.3, 0.4) is 0 Å². The quantitative estimate of drug-likeness (QED) is 0.213. The fourth-order valence-corrected chi connectivity index (χ4v) is 3.94. The van der Waals surface area contributed by atoms with Gasteiger partial charge < -0.3 is 4.90 Å². The number of nitrogens with zero attached hydrogens (tertiary/aromatic N) is 3. The predicted octanol–water partition coefficient (Wildman–Crippen LogP) is 4.63. The number of nitro benzene ring substituents is 1. The number of carbonyl (C=O) groups excluding carboxylic acids is 3. The van der Waals surface area contributed by atoms with Crippen LogP contribution in [0, 0.1) is 17.0 Å².